The summed E-state index contributed by atoms with van der Waals surface area (Å²) in [5, 5.41) is 6.74. The number of nitrogens with one attached hydrogen (secondary N) is 1. The molecule has 24 heavy (non-hydrogen) atoms. The maximum atomic E-state index is 12.2. The fourth-order valence-electron chi connectivity index (χ4n) is 2.36. The molecule has 0 saturated heterocycles. The normalized spacial score (nSPS) is 10.5. The molecule has 0 saturated carbocycles. The number of carbonyl (C=O) groups excluding carboxylic acids is 1. The van der Waals surface area contributed by atoms with Crippen LogP contribution in [0.2, 0.25) is 0 Å². The molecular formula is C18H18N4O2. The Labute approximate surface area is 139 Å². The van der Waals surface area contributed by atoms with E-state index < -0.39 is 0 Å². The highest BCUT2D eigenvalue weighted by Crippen LogP contribution is 2.10. The molecule has 0 aliphatic heterocycles. The van der Waals surface area contributed by atoms with Crippen LogP contribution in [0.1, 0.15) is 33.2 Å². The molecule has 0 fully saturated rings. The number of benzene rings is 2. The summed E-state index contributed by atoms with van der Waals surface area (Å²) in [6.45, 7) is 2.19. The molecule has 3 aromatic rings. The lowest BCUT2D eigenvalue weighted by Crippen LogP contribution is -2.22. The minimum absolute atomic E-state index is 0.126. The molecule has 1 heterocycles. The van der Waals surface area contributed by atoms with E-state index in [1.807, 2.05) is 36.4 Å². The van der Waals surface area contributed by atoms with Crippen molar-refractivity contribution in [2.75, 3.05) is 5.73 Å². The number of nitrogen functional groups attached to an aromatic ring is 1. The molecule has 0 atom stereocenters. The molecular weight excluding hydrogens is 304 g/mol. The Morgan fingerprint density at radius 2 is 1.96 bits per heavy atom. The number of carbonyl (C=O) groups is 1. The number of nitrogens with zero attached hydrogens (tertiary/aromatic N) is 2. The maximum absolute atomic E-state index is 12.2. The van der Waals surface area contributed by atoms with Gasteiger partial charge in [0.2, 0.25) is 5.89 Å². The van der Waals surface area contributed by atoms with E-state index in [4.69, 9.17) is 10.3 Å². The van der Waals surface area contributed by atoms with Gasteiger partial charge in [-0.2, -0.15) is 4.98 Å². The average Bonchev–Trinajstić information content (AvgIpc) is 2.98. The van der Waals surface area contributed by atoms with Gasteiger partial charge in [0.1, 0.15) is 0 Å². The molecule has 122 valence electrons. The second-order valence-electron chi connectivity index (χ2n) is 5.53. The summed E-state index contributed by atoms with van der Waals surface area (Å²) in [7, 11) is 0. The lowest BCUT2D eigenvalue weighted by molar-refractivity contribution is 0.0951. The van der Waals surface area contributed by atoms with Crippen molar-refractivity contribution in [1.82, 2.24) is 15.5 Å². The van der Waals surface area contributed by atoms with Gasteiger partial charge in [-0.25, -0.2) is 0 Å². The number of rotatable bonds is 5. The molecule has 1 aromatic heterocycles. The van der Waals surface area contributed by atoms with E-state index in [-0.39, 0.29) is 5.91 Å². The molecule has 0 bridgehead atoms. The van der Waals surface area contributed by atoms with Crippen LogP contribution in [0.25, 0.3) is 0 Å². The summed E-state index contributed by atoms with van der Waals surface area (Å²) >= 11 is 0. The third kappa shape index (κ3) is 3.98. The molecule has 0 spiro atoms. The highest BCUT2D eigenvalue weighted by Gasteiger charge is 2.07. The van der Waals surface area contributed by atoms with Crippen LogP contribution in [0, 0.1) is 6.92 Å². The molecule has 6 nitrogen and oxygen atoms in total. The fraction of sp³-hybridized carbons (Fsp3) is 0.167. The highest BCUT2D eigenvalue weighted by atomic mass is 16.5. The van der Waals surface area contributed by atoms with E-state index >= 15 is 0 Å². The number of aromatic nitrogens is 2. The molecule has 0 unspecified atom stereocenters. The summed E-state index contributed by atoms with van der Waals surface area (Å²) in [6.07, 6.45) is 0.572. The van der Waals surface area contributed by atoms with Crippen LogP contribution in [0.3, 0.4) is 0 Å². The third-order valence-corrected chi connectivity index (χ3v) is 3.55. The third-order valence-electron chi connectivity index (χ3n) is 3.55. The van der Waals surface area contributed by atoms with Crippen molar-refractivity contribution in [1.29, 1.82) is 0 Å². The van der Waals surface area contributed by atoms with Crippen molar-refractivity contribution < 1.29 is 9.32 Å². The van der Waals surface area contributed by atoms with Crippen LogP contribution >= 0.6 is 0 Å². The molecule has 2 aromatic carbocycles. The Hall–Kier alpha value is -3.15. The number of hydrogen-bond acceptors (Lipinski definition) is 5. The molecule has 3 rings (SSSR count). The Morgan fingerprint density at radius 1 is 1.17 bits per heavy atom. The van der Waals surface area contributed by atoms with Gasteiger partial charge in [0, 0.05) is 31.1 Å². The minimum atomic E-state index is -0.126. The maximum Gasteiger partial charge on any atom is 0.251 e. The number of hydrogen-bond donors (Lipinski definition) is 2. The Morgan fingerprint density at radius 3 is 2.62 bits per heavy atom. The first-order chi connectivity index (χ1) is 11.6. The first kappa shape index (κ1) is 15.7. The van der Waals surface area contributed by atoms with Gasteiger partial charge in [0.25, 0.3) is 5.91 Å². The summed E-state index contributed by atoms with van der Waals surface area (Å²) in [5.41, 5.74) is 9.00. The Balaban J connectivity index is 1.59. The first-order valence-electron chi connectivity index (χ1n) is 7.61. The predicted octanol–water partition coefficient (Wildman–Crippen LogP) is 2.48. The second-order valence-corrected chi connectivity index (χ2v) is 5.53. The van der Waals surface area contributed by atoms with Crippen LogP contribution in [0.5, 0.6) is 0 Å². The Kier molecular flexibility index (Phi) is 4.56. The lowest BCUT2D eigenvalue weighted by atomic mass is 10.1. The van der Waals surface area contributed by atoms with Crippen molar-refractivity contribution in [3.63, 3.8) is 0 Å². The van der Waals surface area contributed by atoms with Gasteiger partial charge < -0.3 is 15.6 Å². The average molecular weight is 322 g/mol. The molecule has 3 N–H and O–H groups in total. The highest BCUT2D eigenvalue weighted by molar-refractivity contribution is 5.94. The number of amides is 1. The van der Waals surface area contributed by atoms with Gasteiger partial charge in [0.05, 0.1) is 0 Å². The zero-order valence-electron chi connectivity index (χ0n) is 13.3. The second kappa shape index (κ2) is 6.95. The number of aryl methyl sites for hydroxylation is 1. The number of nitrogens with two attached hydrogens (primary N) is 1. The van der Waals surface area contributed by atoms with E-state index in [0.717, 1.165) is 11.1 Å². The topological polar surface area (TPSA) is 94.0 Å². The van der Waals surface area contributed by atoms with E-state index in [1.54, 1.807) is 19.1 Å². The van der Waals surface area contributed by atoms with Crippen LogP contribution in [-0.2, 0) is 13.0 Å². The largest absolute Gasteiger partial charge is 0.399 e. The van der Waals surface area contributed by atoms with Crippen LogP contribution in [0.15, 0.2) is 53.1 Å². The Bertz CT molecular complexity index is 840. The van der Waals surface area contributed by atoms with E-state index in [9.17, 15) is 4.79 Å². The van der Waals surface area contributed by atoms with Crippen molar-refractivity contribution in [3.8, 4) is 0 Å². The molecule has 1 amide bonds. The molecule has 0 aliphatic rings. The fourth-order valence-corrected chi connectivity index (χ4v) is 2.36. The van der Waals surface area contributed by atoms with Crippen molar-refractivity contribution in [2.24, 2.45) is 0 Å². The van der Waals surface area contributed by atoms with E-state index in [0.29, 0.717) is 35.9 Å². The molecule has 0 radical (unpaired) electrons. The van der Waals surface area contributed by atoms with Crippen molar-refractivity contribution in [2.45, 2.75) is 19.9 Å². The molecule has 0 aliphatic carbocycles. The summed E-state index contributed by atoms with van der Waals surface area (Å²) in [5.74, 6) is 1.05. The standard InChI is InChI=1S/C18H18N4O2/c1-12-21-17(22-24-12)10-13-5-7-15(8-6-13)18(23)20-11-14-3-2-4-16(19)9-14/h2-9H,10-11,19H2,1H3,(H,20,23). The quantitative estimate of drug-likeness (QED) is 0.704. The monoisotopic (exact) mass is 322 g/mol. The zero-order chi connectivity index (χ0) is 16.9. The lowest BCUT2D eigenvalue weighted by Gasteiger charge is -2.07. The summed E-state index contributed by atoms with van der Waals surface area (Å²) in [6, 6.07) is 14.8. The summed E-state index contributed by atoms with van der Waals surface area (Å²) in [4.78, 5) is 16.4. The minimum Gasteiger partial charge on any atom is -0.399 e. The van der Waals surface area contributed by atoms with Gasteiger partial charge in [-0.05, 0) is 35.4 Å². The zero-order valence-corrected chi connectivity index (χ0v) is 13.3. The SMILES string of the molecule is Cc1nc(Cc2ccc(C(=O)NCc3cccc(N)c3)cc2)no1. The van der Waals surface area contributed by atoms with Crippen molar-refractivity contribution in [3.05, 3.63) is 76.9 Å². The van der Waals surface area contributed by atoms with Gasteiger partial charge in [-0.15, -0.1) is 0 Å². The van der Waals surface area contributed by atoms with Gasteiger partial charge in [0.15, 0.2) is 5.82 Å². The van der Waals surface area contributed by atoms with E-state index in [2.05, 4.69) is 15.5 Å². The van der Waals surface area contributed by atoms with Gasteiger partial charge >= 0.3 is 0 Å². The van der Waals surface area contributed by atoms with Crippen molar-refractivity contribution >= 4 is 11.6 Å². The van der Waals surface area contributed by atoms with Gasteiger partial charge in [-0.3, -0.25) is 4.79 Å². The van der Waals surface area contributed by atoms with Gasteiger partial charge in [-0.1, -0.05) is 29.4 Å². The summed E-state index contributed by atoms with van der Waals surface area (Å²) < 4.78 is 4.95. The number of anilines is 1. The smallest absolute Gasteiger partial charge is 0.251 e. The molecule has 6 heteroatoms. The van der Waals surface area contributed by atoms with Crippen LogP contribution < -0.4 is 11.1 Å². The first-order valence-corrected chi connectivity index (χ1v) is 7.61. The predicted molar refractivity (Wildman–Crippen MR) is 90.3 cm³/mol. The van der Waals surface area contributed by atoms with Crippen LogP contribution in [-0.4, -0.2) is 16.0 Å². The van der Waals surface area contributed by atoms with E-state index in [1.165, 1.54) is 0 Å². The van der Waals surface area contributed by atoms with Crippen LogP contribution in [0.4, 0.5) is 5.69 Å².